The summed E-state index contributed by atoms with van der Waals surface area (Å²) in [5, 5.41) is 3.25. The fourth-order valence-electron chi connectivity index (χ4n) is 7.80. The van der Waals surface area contributed by atoms with Crippen molar-refractivity contribution in [2.75, 3.05) is 27.3 Å². The van der Waals surface area contributed by atoms with Gasteiger partial charge in [0.25, 0.3) is 0 Å². The average molecular weight is 957 g/mol. The predicted molar refractivity (Wildman–Crippen MR) is 229 cm³/mol. The van der Waals surface area contributed by atoms with Crippen LogP contribution in [-0.2, 0) is 32.3 Å². The number of nitrogens with zero attached hydrogens (tertiary/aromatic N) is 4. The molecule has 0 aliphatic carbocycles. The van der Waals surface area contributed by atoms with E-state index < -0.39 is 46.1 Å². The van der Waals surface area contributed by atoms with Crippen LogP contribution in [0.5, 0.6) is 5.75 Å². The van der Waals surface area contributed by atoms with Crippen LogP contribution in [0.15, 0.2) is 58.0 Å². The van der Waals surface area contributed by atoms with Crippen LogP contribution in [0.4, 0.5) is 13.6 Å². The Labute approximate surface area is 363 Å². The van der Waals surface area contributed by atoms with E-state index in [4.69, 9.17) is 18.7 Å². The number of benzene rings is 2. The zero-order valence-corrected chi connectivity index (χ0v) is 36.5. The SMILES string of the molecule is CON[C@H](C(=O)N(Cc1ncc(-c2ccc3c4c(c(=O)oc3c2)-c2ccc(-c3cnc([C@@H]5C[C@@H](F)CN5C(=O)[C@@H](NC(=O)OC)C(C)C)[nH]3)cc2OC4)[nH]1)C[C@H](F)I)C(C)C. The number of imidazole rings is 2. The van der Waals surface area contributed by atoms with Crippen molar-refractivity contribution in [3.05, 3.63) is 76.4 Å². The molecule has 61 heavy (non-hydrogen) atoms. The third-order valence-electron chi connectivity index (χ3n) is 10.9. The molecule has 2 aliphatic rings. The molecule has 3 amide bonds. The highest BCUT2D eigenvalue weighted by molar-refractivity contribution is 14.1. The van der Waals surface area contributed by atoms with Crippen LogP contribution in [0.25, 0.3) is 44.6 Å². The molecule has 0 radical (unpaired) electrons. The number of amides is 3. The molecule has 4 N–H and O–H groups in total. The maximum Gasteiger partial charge on any atom is 0.407 e. The van der Waals surface area contributed by atoms with Crippen LogP contribution < -0.4 is 21.2 Å². The van der Waals surface area contributed by atoms with Crippen molar-refractivity contribution in [1.29, 1.82) is 0 Å². The molecule has 0 unspecified atom stereocenters. The van der Waals surface area contributed by atoms with Crippen molar-refractivity contribution in [3.8, 4) is 39.4 Å². The predicted octanol–water partition coefficient (Wildman–Crippen LogP) is 6.36. The number of ether oxygens (including phenoxy) is 2. The molecule has 1 saturated heterocycles. The number of hydrogen-bond donors (Lipinski definition) is 4. The molecule has 5 aromatic rings. The van der Waals surface area contributed by atoms with E-state index >= 15 is 0 Å². The second-order valence-corrected chi connectivity index (χ2v) is 17.1. The van der Waals surface area contributed by atoms with Crippen LogP contribution in [0, 0.1) is 11.8 Å². The molecular weight excluding hydrogens is 909 g/mol. The van der Waals surface area contributed by atoms with E-state index in [2.05, 4.69) is 30.7 Å². The van der Waals surface area contributed by atoms with Gasteiger partial charge in [-0.15, -0.1) is 0 Å². The van der Waals surface area contributed by atoms with E-state index in [1.54, 1.807) is 73.1 Å². The molecule has 0 bridgehead atoms. The average Bonchev–Trinajstić information content (AvgIpc) is 4.00. The minimum absolute atomic E-state index is 0.0310. The smallest absolute Gasteiger partial charge is 0.407 e. The molecule has 5 heterocycles. The number of alkyl carbamates (subject to hydrolysis) is 1. The van der Waals surface area contributed by atoms with E-state index in [1.807, 2.05) is 26.0 Å². The Bertz CT molecular complexity index is 2490. The van der Waals surface area contributed by atoms with Crippen LogP contribution in [0.3, 0.4) is 0 Å². The van der Waals surface area contributed by atoms with Gasteiger partial charge in [0.05, 0.1) is 69.2 Å². The van der Waals surface area contributed by atoms with E-state index in [0.29, 0.717) is 67.6 Å². The first-order valence-corrected chi connectivity index (χ1v) is 21.0. The zero-order chi connectivity index (χ0) is 43.7. The number of likely N-dealkylation sites (tertiary alicyclic amines) is 1. The second-order valence-electron chi connectivity index (χ2n) is 15.7. The van der Waals surface area contributed by atoms with Gasteiger partial charge in [-0.3, -0.25) is 9.59 Å². The van der Waals surface area contributed by atoms with Gasteiger partial charge in [-0.1, -0.05) is 45.9 Å². The maximum atomic E-state index is 14.9. The standard InChI is InChI=1S/C42H47F2IN8O8/c1-20(2)36(50-42(57)58-5)40(55)53-16-24(43)13-30(53)38-47-15-29(49-38)22-8-10-26-31(11-22)60-19-27-25-9-7-23(12-32(25)61-41(56)35(26)27)28-14-46-34(48-28)18-52(17-33(44)45)39(54)37(21(3)4)51-59-6/h7-12,14-15,20-21,24,30,33,36-37,51H,13,16-19H2,1-6H3,(H,46,48)(H,47,49)(H,50,57)/t24-,30+,33-,36+,37+/m1/s1. The monoisotopic (exact) mass is 956 g/mol. The number of H-pyrrole nitrogens is 2. The topological polar surface area (TPSA) is 197 Å². The Hall–Kier alpha value is -5.41. The number of aromatic nitrogens is 4. The van der Waals surface area contributed by atoms with Gasteiger partial charge in [-0.05, 0) is 52.6 Å². The van der Waals surface area contributed by atoms with Gasteiger partial charge in [0, 0.05) is 34.1 Å². The Balaban J connectivity index is 1.11. The van der Waals surface area contributed by atoms with Crippen LogP contribution in [0.2, 0.25) is 0 Å². The van der Waals surface area contributed by atoms with Crippen LogP contribution >= 0.6 is 22.6 Å². The number of hydrogen-bond acceptors (Lipinski definition) is 11. The lowest BCUT2D eigenvalue weighted by molar-refractivity contribution is -0.140. The number of carbonyl (C=O) groups is 3. The highest BCUT2D eigenvalue weighted by Gasteiger charge is 2.42. The molecule has 16 nitrogen and oxygen atoms in total. The van der Waals surface area contributed by atoms with Gasteiger partial charge in [-0.25, -0.2) is 28.3 Å². The number of hydroxylamine groups is 1. The van der Waals surface area contributed by atoms with Crippen LogP contribution in [-0.4, -0.2) is 97.4 Å². The Morgan fingerprint density at radius 2 is 1.72 bits per heavy atom. The molecule has 324 valence electrons. The molecule has 7 rings (SSSR count). The van der Waals surface area contributed by atoms with Gasteiger partial charge < -0.3 is 43.8 Å². The number of alkyl halides is 3. The van der Waals surface area contributed by atoms with Gasteiger partial charge in [0.15, 0.2) is 4.18 Å². The molecular formula is C42H47F2IN8O8. The van der Waals surface area contributed by atoms with E-state index in [9.17, 15) is 28.0 Å². The zero-order valence-electron chi connectivity index (χ0n) is 34.4. The number of methoxy groups -OCH3 is 1. The van der Waals surface area contributed by atoms with Crippen molar-refractivity contribution >= 4 is 51.5 Å². The van der Waals surface area contributed by atoms with Crippen molar-refractivity contribution in [2.24, 2.45) is 11.8 Å². The first kappa shape index (κ1) is 43.7. The molecule has 2 aliphatic heterocycles. The lowest BCUT2D eigenvalue weighted by Crippen LogP contribution is -2.51. The Morgan fingerprint density at radius 3 is 2.43 bits per heavy atom. The number of fused-ring (bicyclic) bond motifs is 5. The first-order chi connectivity index (χ1) is 29.2. The van der Waals surface area contributed by atoms with Gasteiger partial charge in [0.2, 0.25) is 11.8 Å². The fraction of sp³-hybridized carbons (Fsp3) is 0.429. The van der Waals surface area contributed by atoms with Crippen molar-refractivity contribution in [2.45, 2.75) is 75.7 Å². The summed E-state index contributed by atoms with van der Waals surface area (Å²) in [6.07, 6.45) is 1.20. The molecule has 19 heteroatoms. The number of aromatic amines is 2. The minimum Gasteiger partial charge on any atom is -0.488 e. The second kappa shape index (κ2) is 18.3. The van der Waals surface area contributed by atoms with Gasteiger partial charge >= 0.3 is 11.7 Å². The Morgan fingerprint density at radius 1 is 1.02 bits per heavy atom. The summed E-state index contributed by atoms with van der Waals surface area (Å²) in [6.45, 7) is 7.13. The Kier molecular flexibility index (Phi) is 13.1. The summed E-state index contributed by atoms with van der Waals surface area (Å²) in [5.41, 5.74) is 6.66. The highest BCUT2D eigenvalue weighted by Crippen LogP contribution is 2.41. The van der Waals surface area contributed by atoms with E-state index in [-0.39, 0.29) is 50.4 Å². The van der Waals surface area contributed by atoms with Crippen LogP contribution in [0.1, 0.15) is 57.4 Å². The van der Waals surface area contributed by atoms with E-state index in [1.165, 1.54) is 24.0 Å². The number of rotatable bonds is 14. The summed E-state index contributed by atoms with van der Waals surface area (Å²) in [7, 11) is 2.63. The van der Waals surface area contributed by atoms with Gasteiger partial charge in [-0.2, -0.15) is 5.48 Å². The molecule has 1 fully saturated rings. The largest absolute Gasteiger partial charge is 0.488 e. The summed E-state index contributed by atoms with van der Waals surface area (Å²) >= 11 is 1.63. The molecule has 3 aromatic heterocycles. The van der Waals surface area contributed by atoms with E-state index in [0.717, 1.165) is 0 Å². The van der Waals surface area contributed by atoms with Gasteiger partial charge in [0.1, 0.15) is 47.8 Å². The molecule has 0 saturated carbocycles. The molecule has 0 spiro atoms. The summed E-state index contributed by atoms with van der Waals surface area (Å²) in [5.74, 6) is 0.130. The maximum absolute atomic E-state index is 14.9. The summed E-state index contributed by atoms with van der Waals surface area (Å²) < 4.78 is 44.6. The quantitative estimate of drug-likeness (QED) is 0.0419. The highest BCUT2D eigenvalue weighted by atomic mass is 127. The summed E-state index contributed by atoms with van der Waals surface area (Å²) in [6, 6.07) is 8.50. The third-order valence-corrected chi connectivity index (χ3v) is 11.3. The summed E-state index contributed by atoms with van der Waals surface area (Å²) in [4.78, 5) is 75.9. The van der Waals surface area contributed by atoms with Crippen molar-refractivity contribution in [1.82, 2.24) is 40.5 Å². The van der Waals surface area contributed by atoms with Crippen molar-refractivity contribution < 1.29 is 41.9 Å². The third kappa shape index (κ3) is 9.13. The fourth-order valence-corrected chi connectivity index (χ4v) is 8.28. The van der Waals surface area contributed by atoms with Crippen molar-refractivity contribution in [3.63, 3.8) is 0 Å². The normalized spacial score (nSPS) is 17.5. The molecule has 2 aromatic carbocycles. The lowest BCUT2D eigenvalue weighted by Gasteiger charge is -2.29. The number of nitrogens with one attached hydrogen (secondary N) is 4. The molecule has 5 atom stereocenters. The first-order valence-electron chi connectivity index (χ1n) is 19.8. The lowest BCUT2D eigenvalue weighted by atomic mass is 9.94. The minimum atomic E-state index is -1.30. The number of carbonyl (C=O) groups excluding carboxylic acids is 3. The number of halogens is 3.